The molecule has 1 atom stereocenters. The van der Waals surface area contributed by atoms with Crippen molar-refractivity contribution >= 4 is 34.8 Å². The van der Waals surface area contributed by atoms with Gasteiger partial charge in [-0.1, -0.05) is 61.2 Å². The zero-order valence-corrected chi connectivity index (χ0v) is 25.7. The van der Waals surface area contributed by atoms with E-state index in [9.17, 15) is 4.39 Å². The molecule has 1 saturated heterocycles. The first-order valence-electron chi connectivity index (χ1n) is 15.5. The molecular weight excluding hydrogens is 565 g/mol. The third-order valence-corrected chi connectivity index (χ3v) is 8.65. The van der Waals surface area contributed by atoms with Crippen molar-refractivity contribution in [1.82, 2.24) is 14.9 Å². The highest BCUT2D eigenvalue weighted by molar-refractivity contribution is 6.16. The van der Waals surface area contributed by atoms with Crippen molar-refractivity contribution in [2.75, 3.05) is 55.3 Å². The highest BCUT2D eigenvalue weighted by Crippen LogP contribution is 2.40. The molecule has 1 aliphatic carbocycles. The number of benzene rings is 2. The van der Waals surface area contributed by atoms with Crippen molar-refractivity contribution < 1.29 is 9.13 Å². The van der Waals surface area contributed by atoms with Gasteiger partial charge in [-0.25, -0.2) is 14.4 Å². The molecule has 3 aromatic rings. The first kappa shape index (κ1) is 30.4. The smallest absolute Gasteiger partial charge is 0.141 e. The SMILES string of the molecule is C=C1c2c(C)cccc2C=C(CNc2ncnc(N)c2C(=N)C2=CC=CC(F)C2)N1c1ccccc1CCCN1CCOCC1. The lowest BCUT2D eigenvalue weighted by Gasteiger charge is -2.36. The Morgan fingerprint density at radius 3 is 2.80 bits per heavy atom. The third kappa shape index (κ3) is 6.60. The van der Waals surface area contributed by atoms with Crippen molar-refractivity contribution in [3.63, 3.8) is 0 Å². The van der Waals surface area contributed by atoms with E-state index in [4.69, 9.17) is 15.9 Å². The summed E-state index contributed by atoms with van der Waals surface area (Å²) in [6, 6.07) is 14.8. The number of alkyl halides is 1. The first-order valence-corrected chi connectivity index (χ1v) is 15.5. The lowest BCUT2D eigenvalue weighted by atomic mass is 9.92. The number of rotatable bonds is 10. The van der Waals surface area contributed by atoms with Crippen LogP contribution in [-0.2, 0) is 11.2 Å². The van der Waals surface area contributed by atoms with Gasteiger partial charge in [-0.15, -0.1) is 0 Å². The molecule has 1 fully saturated rings. The Bertz CT molecular complexity index is 1690. The molecule has 0 amide bonds. The van der Waals surface area contributed by atoms with Crippen LogP contribution in [-0.4, -0.2) is 66.1 Å². The number of nitrogens with one attached hydrogen (secondary N) is 2. The number of aryl methyl sites for hydroxylation is 2. The fraction of sp³-hybridized carbons (Fsp3) is 0.306. The number of para-hydroxylation sites is 1. The van der Waals surface area contributed by atoms with Crippen LogP contribution in [0.15, 0.2) is 84.9 Å². The minimum absolute atomic E-state index is 0.111. The van der Waals surface area contributed by atoms with Crippen molar-refractivity contribution in [3.05, 3.63) is 113 Å². The van der Waals surface area contributed by atoms with Gasteiger partial charge in [-0.05, 0) is 60.7 Å². The standard InChI is InChI=1S/C36H40FN7O/c1-24-8-5-10-27-21-30(22-40-36-33(35(39)41-23-42-36)34(38)28-11-6-13-29(37)20-28)44(25(2)32(24)27)31-14-4-3-9-26(31)12-7-15-43-16-18-45-19-17-43/h3-6,8-11,13-14,21,23,29,38H,2,7,12,15-20,22H2,1H3,(H3,39,40,41,42). The molecule has 232 valence electrons. The Morgan fingerprint density at radius 2 is 1.98 bits per heavy atom. The molecule has 3 heterocycles. The molecule has 1 aromatic heterocycles. The number of nitrogens with two attached hydrogens (primary N) is 1. The van der Waals surface area contributed by atoms with E-state index >= 15 is 0 Å². The molecule has 3 aliphatic rings. The van der Waals surface area contributed by atoms with E-state index in [-0.39, 0.29) is 18.0 Å². The number of hydrogen-bond donors (Lipinski definition) is 3. The molecular formula is C36H40FN7O. The van der Waals surface area contributed by atoms with Gasteiger partial charge >= 0.3 is 0 Å². The minimum Gasteiger partial charge on any atom is -0.383 e. The van der Waals surface area contributed by atoms with Crippen LogP contribution in [0, 0.1) is 12.3 Å². The zero-order chi connectivity index (χ0) is 31.3. The van der Waals surface area contributed by atoms with Gasteiger partial charge in [0.1, 0.15) is 24.1 Å². The van der Waals surface area contributed by atoms with Crippen molar-refractivity contribution in [2.24, 2.45) is 0 Å². The lowest BCUT2D eigenvalue weighted by molar-refractivity contribution is 0.0375. The average Bonchev–Trinajstić information content (AvgIpc) is 3.04. The molecule has 9 heteroatoms. The van der Waals surface area contributed by atoms with Gasteiger partial charge in [0.15, 0.2) is 0 Å². The van der Waals surface area contributed by atoms with Crippen LogP contribution in [0.25, 0.3) is 11.8 Å². The molecule has 1 unspecified atom stereocenters. The Hall–Kier alpha value is -4.60. The van der Waals surface area contributed by atoms with Gasteiger partial charge in [-0.2, -0.15) is 0 Å². The van der Waals surface area contributed by atoms with Crippen LogP contribution in [0.4, 0.5) is 21.7 Å². The van der Waals surface area contributed by atoms with Gasteiger partial charge in [0.05, 0.1) is 31.0 Å². The molecule has 0 spiro atoms. The number of aromatic nitrogens is 2. The monoisotopic (exact) mass is 605 g/mol. The Kier molecular flexibility index (Phi) is 9.18. The van der Waals surface area contributed by atoms with Gasteiger partial charge < -0.3 is 20.7 Å². The van der Waals surface area contributed by atoms with Crippen LogP contribution in [0.3, 0.4) is 0 Å². The summed E-state index contributed by atoms with van der Waals surface area (Å²) in [5.41, 5.74) is 15.0. The van der Waals surface area contributed by atoms with E-state index in [0.29, 0.717) is 23.5 Å². The van der Waals surface area contributed by atoms with Gasteiger partial charge in [0.25, 0.3) is 0 Å². The maximum absolute atomic E-state index is 14.2. The second-order valence-corrected chi connectivity index (χ2v) is 11.7. The lowest BCUT2D eigenvalue weighted by Crippen LogP contribution is -2.37. The van der Waals surface area contributed by atoms with E-state index in [1.165, 1.54) is 18.0 Å². The van der Waals surface area contributed by atoms with E-state index in [0.717, 1.165) is 79.5 Å². The van der Waals surface area contributed by atoms with Crippen LogP contribution in [0.5, 0.6) is 0 Å². The molecule has 4 N–H and O–H groups in total. The highest BCUT2D eigenvalue weighted by Gasteiger charge is 2.27. The van der Waals surface area contributed by atoms with Gasteiger partial charge in [-0.3, -0.25) is 10.3 Å². The molecule has 0 radical (unpaired) electrons. The largest absolute Gasteiger partial charge is 0.383 e. The second kappa shape index (κ2) is 13.6. The maximum Gasteiger partial charge on any atom is 0.141 e. The molecule has 8 nitrogen and oxygen atoms in total. The number of hydrogen-bond acceptors (Lipinski definition) is 8. The summed E-state index contributed by atoms with van der Waals surface area (Å²) in [5, 5.41) is 12.3. The van der Waals surface area contributed by atoms with E-state index in [2.05, 4.69) is 87.1 Å². The van der Waals surface area contributed by atoms with Crippen LogP contribution >= 0.6 is 0 Å². The number of nitrogen functional groups attached to an aromatic ring is 1. The van der Waals surface area contributed by atoms with Crippen molar-refractivity contribution in [2.45, 2.75) is 32.4 Å². The average molecular weight is 606 g/mol. The number of morpholine rings is 1. The number of ether oxygens (including phenoxy) is 1. The quantitative estimate of drug-likeness (QED) is 0.238. The Balaban J connectivity index is 1.31. The molecule has 0 saturated carbocycles. The fourth-order valence-electron chi connectivity index (χ4n) is 6.36. The molecule has 2 aliphatic heterocycles. The van der Waals surface area contributed by atoms with E-state index < -0.39 is 6.17 Å². The summed E-state index contributed by atoms with van der Waals surface area (Å²) in [6.45, 7) is 11.7. The molecule has 0 bridgehead atoms. The summed E-state index contributed by atoms with van der Waals surface area (Å²) in [7, 11) is 0. The fourth-order valence-corrected chi connectivity index (χ4v) is 6.36. The number of fused-ring (bicyclic) bond motifs is 1. The van der Waals surface area contributed by atoms with Gasteiger partial charge in [0.2, 0.25) is 0 Å². The van der Waals surface area contributed by atoms with Crippen LogP contribution < -0.4 is 16.0 Å². The maximum atomic E-state index is 14.2. The molecule has 45 heavy (non-hydrogen) atoms. The zero-order valence-electron chi connectivity index (χ0n) is 25.7. The number of halogens is 1. The van der Waals surface area contributed by atoms with Crippen LogP contribution in [0.2, 0.25) is 0 Å². The topological polar surface area (TPSA) is 103 Å². The molecule has 6 rings (SSSR count). The Morgan fingerprint density at radius 1 is 1.16 bits per heavy atom. The predicted molar refractivity (Wildman–Crippen MR) is 181 cm³/mol. The second-order valence-electron chi connectivity index (χ2n) is 11.7. The van der Waals surface area contributed by atoms with Gasteiger partial charge in [0, 0.05) is 42.2 Å². The summed E-state index contributed by atoms with van der Waals surface area (Å²) >= 11 is 0. The van der Waals surface area contributed by atoms with Crippen molar-refractivity contribution in [3.8, 4) is 0 Å². The summed E-state index contributed by atoms with van der Waals surface area (Å²) in [6.07, 6.45) is 9.39. The normalized spacial score (nSPS) is 18.3. The Labute approximate surface area is 264 Å². The third-order valence-electron chi connectivity index (χ3n) is 8.65. The molecule has 2 aromatic carbocycles. The number of allylic oxidation sites excluding steroid dienone is 4. The minimum atomic E-state index is -1.14. The van der Waals surface area contributed by atoms with E-state index in [1.807, 2.05) is 0 Å². The summed E-state index contributed by atoms with van der Waals surface area (Å²) < 4.78 is 19.7. The summed E-state index contributed by atoms with van der Waals surface area (Å²) in [5.74, 6) is 0.604. The highest BCUT2D eigenvalue weighted by atomic mass is 19.1. The summed E-state index contributed by atoms with van der Waals surface area (Å²) in [4.78, 5) is 13.3. The first-order chi connectivity index (χ1) is 21.9. The predicted octanol–water partition coefficient (Wildman–Crippen LogP) is 6.17. The van der Waals surface area contributed by atoms with Crippen LogP contribution in [0.1, 0.15) is 40.7 Å². The van der Waals surface area contributed by atoms with E-state index in [1.54, 1.807) is 12.2 Å². The van der Waals surface area contributed by atoms with Crippen molar-refractivity contribution in [1.29, 1.82) is 5.41 Å². The number of nitrogens with zero attached hydrogens (tertiary/aromatic N) is 4. The number of anilines is 3.